The summed E-state index contributed by atoms with van der Waals surface area (Å²) in [6.45, 7) is 7.92. The van der Waals surface area contributed by atoms with Crippen molar-refractivity contribution in [2.45, 2.75) is 0 Å². The normalized spacial score (nSPS) is 19.3. The van der Waals surface area contributed by atoms with Gasteiger partial charge in [-0.2, -0.15) is 9.97 Å². The van der Waals surface area contributed by atoms with Gasteiger partial charge in [-0.25, -0.2) is 4.98 Å². The Labute approximate surface area is 146 Å². The molecule has 2 aromatic heterocycles. The third kappa shape index (κ3) is 3.97. The zero-order chi connectivity index (χ0) is 16.9. The van der Waals surface area contributed by atoms with Gasteiger partial charge in [0.1, 0.15) is 12.4 Å². The maximum absolute atomic E-state index is 5.85. The van der Waals surface area contributed by atoms with Crippen LogP contribution in [0.2, 0.25) is 0 Å². The number of nitrogens with zero attached hydrogens (tertiary/aromatic N) is 5. The Bertz CT molecular complexity index is 702. The van der Waals surface area contributed by atoms with Gasteiger partial charge in [0.2, 0.25) is 0 Å². The van der Waals surface area contributed by atoms with Crippen molar-refractivity contribution >= 4 is 16.9 Å². The van der Waals surface area contributed by atoms with E-state index >= 15 is 0 Å². The van der Waals surface area contributed by atoms with Crippen molar-refractivity contribution in [3.05, 3.63) is 18.3 Å². The van der Waals surface area contributed by atoms with E-state index < -0.39 is 0 Å². The van der Waals surface area contributed by atoms with Crippen molar-refractivity contribution < 1.29 is 14.2 Å². The molecule has 2 aliphatic rings. The van der Waals surface area contributed by atoms with Gasteiger partial charge in [0.05, 0.1) is 31.8 Å². The van der Waals surface area contributed by atoms with Gasteiger partial charge in [-0.1, -0.05) is 0 Å². The molecule has 0 spiro atoms. The number of fused-ring (bicyclic) bond motifs is 1. The van der Waals surface area contributed by atoms with E-state index in [-0.39, 0.29) is 0 Å². The summed E-state index contributed by atoms with van der Waals surface area (Å²) in [6, 6.07) is 4.31. The molecule has 4 heterocycles. The molecule has 8 nitrogen and oxygen atoms in total. The van der Waals surface area contributed by atoms with Crippen LogP contribution >= 0.6 is 0 Å². The minimum Gasteiger partial charge on any atom is -0.462 e. The Morgan fingerprint density at radius 1 is 1.00 bits per heavy atom. The number of hydrogen-bond acceptors (Lipinski definition) is 8. The molecule has 0 aliphatic carbocycles. The Balaban J connectivity index is 1.50. The van der Waals surface area contributed by atoms with Gasteiger partial charge >= 0.3 is 6.01 Å². The van der Waals surface area contributed by atoms with Crippen LogP contribution in [0.3, 0.4) is 0 Å². The highest BCUT2D eigenvalue weighted by Crippen LogP contribution is 2.25. The van der Waals surface area contributed by atoms with Gasteiger partial charge in [0, 0.05) is 38.9 Å². The third-order valence-electron chi connectivity index (χ3n) is 4.48. The molecule has 0 atom stereocenters. The average Bonchev–Trinajstić information content (AvgIpc) is 2.69. The van der Waals surface area contributed by atoms with Gasteiger partial charge in [0.25, 0.3) is 0 Å². The van der Waals surface area contributed by atoms with Crippen molar-refractivity contribution in [3.63, 3.8) is 0 Å². The number of anilines is 1. The Kier molecular flexibility index (Phi) is 5.19. The number of pyridine rings is 1. The van der Waals surface area contributed by atoms with Crippen LogP contribution in [0.1, 0.15) is 0 Å². The van der Waals surface area contributed by atoms with Crippen LogP contribution in [0.5, 0.6) is 6.01 Å². The lowest BCUT2D eigenvalue weighted by atomic mass is 10.3. The van der Waals surface area contributed by atoms with E-state index in [1.807, 2.05) is 12.1 Å². The molecule has 0 aromatic carbocycles. The molecule has 0 saturated carbocycles. The van der Waals surface area contributed by atoms with Gasteiger partial charge in [0.15, 0.2) is 5.65 Å². The van der Waals surface area contributed by atoms with Crippen LogP contribution in [-0.2, 0) is 9.47 Å². The van der Waals surface area contributed by atoms with Crippen LogP contribution in [-0.4, -0.2) is 85.6 Å². The van der Waals surface area contributed by atoms with E-state index in [0.29, 0.717) is 31.5 Å². The molecule has 2 aromatic rings. The van der Waals surface area contributed by atoms with Crippen molar-refractivity contribution in [2.24, 2.45) is 0 Å². The Hall–Kier alpha value is -2.03. The van der Waals surface area contributed by atoms with E-state index in [9.17, 15) is 0 Å². The average molecular weight is 345 g/mol. The van der Waals surface area contributed by atoms with Crippen LogP contribution in [0.15, 0.2) is 18.3 Å². The minimum absolute atomic E-state index is 0.390. The minimum atomic E-state index is 0.390. The summed E-state index contributed by atoms with van der Waals surface area (Å²) in [5.74, 6) is 0.878. The second kappa shape index (κ2) is 7.90. The molecule has 134 valence electrons. The summed E-state index contributed by atoms with van der Waals surface area (Å²) in [5.41, 5.74) is 0.667. The first-order valence-corrected chi connectivity index (χ1v) is 8.78. The molecule has 4 rings (SSSR count). The number of ether oxygens (including phenoxy) is 3. The molecule has 8 heteroatoms. The van der Waals surface area contributed by atoms with Gasteiger partial charge in [-0.05, 0) is 12.1 Å². The maximum Gasteiger partial charge on any atom is 0.320 e. The predicted octanol–water partition coefficient (Wildman–Crippen LogP) is 0.572. The zero-order valence-corrected chi connectivity index (χ0v) is 14.3. The van der Waals surface area contributed by atoms with Gasteiger partial charge in [-0.15, -0.1) is 0 Å². The lowest BCUT2D eigenvalue weighted by molar-refractivity contribution is 0.0317. The van der Waals surface area contributed by atoms with Crippen molar-refractivity contribution in [3.8, 4) is 6.01 Å². The second-order valence-electron chi connectivity index (χ2n) is 6.11. The molecule has 2 aliphatic heterocycles. The second-order valence-corrected chi connectivity index (χ2v) is 6.11. The molecular formula is C17H23N5O3. The topological polar surface area (TPSA) is 72.8 Å². The summed E-state index contributed by atoms with van der Waals surface area (Å²) < 4.78 is 16.7. The predicted molar refractivity (Wildman–Crippen MR) is 93.1 cm³/mol. The highest BCUT2D eigenvalue weighted by atomic mass is 16.5. The largest absolute Gasteiger partial charge is 0.462 e. The summed E-state index contributed by atoms with van der Waals surface area (Å²) >= 11 is 0. The molecular weight excluding hydrogens is 322 g/mol. The standard InChI is InChI=1S/C17H23N5O3/c1-2-14-15(18-3-1)19-17(20-16(14)22-7-11-24-12-8-22)25-13-6-21-4-9-23-10-5-21/h1-3H,4-13H2. The fourth-order valence-corrected chi connectivity index (χ4v) is 3.10. The van der Waals surface area contributed by atoms with Crippen LogP contribution in [0.4, 0.5) is 5.82 Å². The summed E-state index contributed by atoms with van der Waals surface area (Å²) in [6.07, 6.45) is 1.75. The maximum atomic E-state index is 5.85. The van der Waals surface area contributed by atoms with E-state index in [1.165, 1.54) is 0 Å². The van der Waals surface area contributed by atoms with Crippen LogP contribution in [0.25, 0.3) is 11.0 Å². The fraction of sp³-hybridized carbons (Fsp3) is 0.588. The Morgan fingerprint density at radius 2 is 1.76 bits per heavy atom. The van der Waals surface area contributed by atoms with Crippen LogP contribution < -0.4 is 9.64 Å². The third-order valence-corrected chi connectivity index (χ3v) is 4.48. The number of aromatic nitrogens is 3. The van der Waals surface area contributed by atoms with Crippen LogP contribution in [0, 0.1) is 0 Å². The lowest BCUT2D eigenvalue weighted by Gasteiger charge is -2.29. The molecule has 2 saturated heterocycles. The highest BCUT2D eigenvalue weighted by Gasteiger charge is 2.18. The highest BCUT2D eigenvalue weighted by molar-refractivity contribution is 5.87. The number of hydrogen-bond donors (Lipinski definition) is 0. The first-order chi connectivity index (χ1) is 12.4. The summed E-state index contributed by atoms with van der Waals surface area (Å²) in [4.78, 5) is 18.0. The monoisotopic (exact) mass is 345 g/mol. The first-order valence-electron chi connectivity index (χ1n) is 8.78. The number of morpholine rings is 2. The number of rotatable bonds is 5. The van der Waals surface area contributed by atoms with Crippen molar-refractivity contribution in [2.75, 3.05) is 70.7 Å². The zero-order valence-electron chi connectivity index (χ0n) is 14.3. The molecule has 25 heavy (non-hydrogen) atoms. The molecule has 0 amide bonds. The fourth-order valence-electron chi connectivity index (χ4n) is 3.10. The van der Waals surface area contributed by atoms with Gasteiger partial charge in [-0.3, -0.25) is 4.90 Å². The molecule has 0 bridgehead atoms. The molecule has 0 N–H and O–H groups in total. The van der Waals surface area contributed by atoms with E-state index in [1.54, 1.807) is 6.20 Å². The van der Waals surface area contributed by atoms with Crippen molar-refractivity contribution in [1.29, 1.82) is 0 Å². The molecule has 2 fully saturated rings. The Morgan fingerprint density at radius 3 is 2.56 bits per heavy atom. The van der Waals surface area contributed by atoms with Crippen molar-refractivity contribution in [1.82, 2.24) is 19.9 Å². The van der Waals surface area contributed by atoms with E-state index in [2.05, 4.69) is 24.8 Å². The first kappa shape index (κ1) is 16.4. The SMILES string of the molecule is c1cnc2nc(OCCN3CCOCC3)nc(N3CCOCC3)c2c1. The van der Waals surface area contributed by atoms with E-state index in [4.69, 9.17) is 14.2 Å². The van der Waals surface area contributed by atoms with E-state index in [0.717, 1.165) is 57.1 Å². The summed E-state index contributed by atoms with van der Waals surface area (Å²) in [5, 5.41) is 0.949. The molecule has 0 unspecified atom stereocenters. The summed E-state index contributed by atoms with van der Waals surface area (Å²) in [7, 11) is 0. The quantitative estimate of drug-likeness (QED) is 0.779. The van der Waals surface area contributed by atoms with Gasteiger partial charge < -0.3 is 19.1 Å². The lowest BCUT2D eigenvalue weighted by Crippen LogP contribution is -2.39. The molecule has 0 radical (unpaired) electrons. The smallest absolute Gasteiger partial charge is 0.320 e.